The summed E-state index contributed by atoms with van der Waals surface area (Å²) in [6.45, 7) is 10.2. The lowest BCUT2D eigenvalue weighted by Crippen LogP contribution is -2.63. The Morgan fingerprint density at radius 2 is 2.11 bits per heavy atom. The van der Waals surface area contributed by atoms with Crippen molar-refractivity contribution in [2.24, 2.45) is 5.92 Å². The van der Waals surface area contributed by atoms with Crippen molar-refractivity contribution >= 4 is 11.8 Å². The molecule has 0 aliphatic carbocycles. The monoisotopic (exact) mass is 252 g/mol. The standard InChI is InChI=1S/C14H24N2O2/c1-5-7-11-14(18)16(8-6-2)12(9-10(3)4)13(17)15-11/h6,10-12H,2,5,7-9H2,1,3-4H3,(H,15,17). The van der Waals surface area contributed by atoms with Gasteiger partial charge >= 0.3 is 0 Å². The molecule has 102 valence electrons. The first kappa shape index (κ1) is 14.7. The Labute approximate surface area is 109 Å². The van der Waals surface area contributed by atoms with E-state index in [4.69, 9.17) is 0 Å². The lowest BCUT2D eigenvalue weighted by Gasteiger charge is -2.39. The minimum atomic E-state index is -0.356. The van der Waals surface area contributed by atoms with Gasteiger partial charge in [0.1, 0.15) is 12.1 Å². The maximum Gasteiger partial charge on any atom is 0.246 e. The Bertz CT molecular complexity index is 326. The minimum absolute atomic E-state index is 0.0244. The molecule has 0 spiro atoms. The van der Waals surface area contributed by atoms with Gasteiger partial charge in [0, 0.05) is 6.54 Å². The molecule has 0 radical (unpaired) electrons. The number of nitrogens with one attached hydrogen (secondary N) is 1. The molecule has 0 aromatic heterocycles. The SMILES string of the molecule is C=CCN1C(=O)C(CCC)NC(=O)C1CC(C)C. The van der Waals surface area contributed by atoms with E-state index in [0.717, 1.165) is 6.42 Å². The van der Waals surface area contributed by atoms with Crippen LogP contribution in [0.5, 0.6) is 0 Å². The van der Waals surface area contributed by atoms with Crippen molar-refractivity contribution in [3.63, 3.8) is 0 Å². The predicted molar refractivity (Wildman–Crippen MR) is 72.0 cm³/mol. The van der Waals surface area contributed by atoms with Crippen molar-refractivity contribution < 1.29 is 9.59 Å². The molecule has 4 nitrogen and oxygen atoms in total. The second-order valence-electron chi connectivity index (χ2n) is 5.27. The van der Waals surface area contributed by atoms with Gasteiger partial charge < -0.3 is 10.2 Å². The molecular weight excluding hydrogens is 228 g/mol. The lowest BCUT2D eigenvalue weighted by molar-refractivity contribution is -0.149. The average molecular weight is 252 g/mol. The van der Waals surface area contributed by atoms with Gasteiger partial charge in [0.2, 0.25) is 11.8 Å². The zero-order valence-electron chi connectivity index (χ0n) is 11.6. The molecule has 1 heterocycles. The number of hydrogen-bond donors (Lipinski definition) is 1. The van der Waals surface area contributed by atoms with Gasteiger partial charge in [-0.05, 0) is 18.8 Å². The van der Waals surface area contributed by atoms with E-state index >= 15 is 0 Å². The Balaban J connectivity index is 2.87. The summed E-state index contributed by atoms with van der Waals surface area (Å²) in [5.41, 5.74) is 0. The van der Waals surface area contributed by atoms with Crippen LogP contribution in [0.4, 0.5) is 0 Å². The van der Waals surface area contributed by atoms with Gasteiger partial charge in [-0.3, -0.25) is 9.59 Å². The van der Waals surface area contributed by atoms with Crippen molar-refractivity contribution in [2.45, 2.75) is 52.1 Å². The molecule has 0 saturated carbocycles. The molecule has 0 aromatic rings. The smallest absolute Gasteiger partial charge is 0.246 e. The van der Waals surface area contributed by atoms with Crippen molar-refractivity contribution in [3.05, 3.63) is 12.7 Å². The highest BCUT2D eigenvalue weighted by Crippen LogP contribution is 2.19. The van der Waals surface area contributed by atoms with E-state index in [0.29, 0.717) is 25.3 Å². The van der Waals surface area contributed by atoms with Gasteiger partial charge in [-0.15, -0.1) is 6.58 Å². The Morgan fingerprint density at radius 1 is 1.44 bits per heavy atom. The van der Waals surface area contributed by atoms with Crippen molar-refractivity contribution in [1.29, 1.82) is 0 Å². The second-order valence-corrected chi connectivity index (χ2v) is 5.27. The number of amides is 2. The summed E-state index contributed by atoms with van der Waals surface area (Å²) in [6.07, 6.45) is 3.97. The van der Waals surface area contributed by atoms with E-state index in [1.807, 2.05) is 6.92 Å². The third-order valence-electron chi connectivity index (χ3n) is 3.17. The van der Waals surface area contributed by atoms with Gasteiger partial charge in [-0.1, -0.05) is 33.3 Å². The van der Waals surface area contributed by atoms with Crippen LogP contribution in [0, 0.1) is 5.92 Å². The second kappa shape index (κ2) is 6.57. The third kappa shape index (κ3) is 3.34. The molecule has 1 rings (SSSR count). The first-order valence-electron chi connectivity index (χ1n) is 6.73. The van der Waals surface area contributed by atoms with E-state index in [9.17, 15) is 9.59 Å². The van der Waals surface area contributed by atoms with E-state index in [2.05, 4.69) is 25.7 Å². The molecule has 0 bridgehead atoms. The average Bonchev–Trinajstić information content (AvgIpc) is 2.30. The molecule has 1 saturated heterocycles. The number of carbonyl (C=O) groups is 2. The van der Waals surface area contributed by atoms with Gasteiger partial charge in [-0.2, -0.15) is 0 Å². The molecule has 2 amide bonds. The molecule has 2 unspecified atom stereocenters. The van der Waals surface area contributed by atoms with Gasteiger partial charge in [0.05, 0.1) is 0 Å². The fraction of sp³-hybridized carbons (Fsp3) is 0.714. The van der Waals surface area contributed by atoms with E-state index in [1.165, 1.54) is 0 Å². The summed E-state index contributed by atoms with van der Waals surface area (Å²) in [6, 6.07) is -0.700. The fourth-order valence-corrected chi connectivity index (χ4v) is 2.35. The first-order valence-corrected chi connectivity index (χ1v) is 6.73. The van der Waals surface area contributed by atoms with Crippen molar-refractivity contribution in [3.8, 4) is 0 Å². The van der Waals surface area contributed by atoms with Crippen LogP contribution in [0.15, 0.2) is 12.7 Å². The molecule has 1 fully saturated rings. The summed E-state index contributed by atoms with van der Waals surface area (Å²) in [4.78, 5) is 26.1. The highest BCUT2D eigenvalue weighted by Gasteiger charge is 2.39. The summed E-state index contributed by atoms with van der Waals surface area (Å²) < 4.78 is 0. The molecule has 2 atom stereocenters. The maximum atomic E-state index is 12.3. The third-order valence-corrected chi connectivity index (χ3v) is 3.17. The lowest BCUT2D eigenvalue weighted by atomic mass is 9.96. The first-order chi connectivity index (χ1) is 8.51. The molecule has 1 aliphatic rings. The zero-order valence-corrected chi connectivity index (χ0v) is 11.6. The quantitative estimate of drug-likeness (QED) is 0.732. The van der Waals surface area contributed by atoms with Crippen LogP contribution in [-0.2, 0) is 9.59 Å². The van der Waals surface area contributed by atoms with Crippen LogP contribution in [0.1, 0.15) is 40.0 Å². The Hall–Kier alpha value is -1.32. The molecule has 0 aromatic carbocycles. The maximum absolute atomic E-state index is 12.3. The minimum Gasteiger partial charge on any atom is -0.343 e. The van der Waals surface area contributed by atoms with Crippen molar-refractivity contribution in [1.82, 2.24) is 10.2 Å². The molecular formula is C14H24N2O2. The Kier molecular flexibility index (Phi) is 5.38. The number of piperazine rings is 1. The predicted octanol–water partition coefficient (Wildman–Crippen LogP) is 1.71. The van der Waals surface area contributed by atoms with Crippen LogP contribution < -0.4 is 5.32 Å². The van der Waals surface area contributed by atoms with E-state index < -0.39 is 0 Å². The van der Waals surface area contributed by atoms with E-state index in [-0.39, 0.29) is 23.9 Å². The fourth-order valence-electron chi connectivity index (χ4n) is 2.35. The highest BCUT2D eigenvalue weighted by atomic mass is 16.2. The largest absolute Gasteiger partial charge is 0.343 e. The van der Waals surface area contributed by atoms with Crippen LogP contribution in [-0.4, -0.2) is 35.3 Å². The van der Waals surface area contributed by atoms with E-state index in [1.54, 1.807) is 11.0 Å². The topological polar surface area (TPSA) is 49.4 Å². The summed E-state index contributed by atoms with van der Waals surface area (Å²) in [5.74, 6) is 0.384. The number of rotatable bonds is 6. The molecule has 4 heteroatoms. The zero-order chi connectivity index (χ0) is 13.7. The van der Waals surface area contributed by atoms with Crippen molar-refractivity contribution in [2.75, 3.05) is 6.54 Å². The van der Waals surface area contributed by atoms with Crippen LogP contribution >= 0.6 is 0 Å². The van der Waals surface area contributed by atoms with Gasteiger partial charge in [0.25, 0.3) is 0 Å². The summed E-state index contributed by atoms with van der Waals surface area (Å²) in [7, 11) is 0. The number of nitrogens with zero attached hydrogens (tertiary/aromatic N) is 1. The van der Waals surface area contributed by atoms with Gasteiger partial charge in [0.15, 0.2) is 0 Å². The van der Waals surface area contributed by atoms with Crippen LogP contribution in [0.25, 0.3) is 0 Å². The molecule has 1 aliphatic heterocycles. The normalized spacial score (nSPS) is 24.3. The highest BCUT2D eigenvalue weighted by molar-refractivity contribution is 5.97. The summed E-state index contributed by atoms with van der Waals surface area (Å²) in [5, 5.41) is 2.85. The number of carbonyl (C=O) groups excluding carboxylic acids is 2. The number of hydrogen-bond acceptors (Lipinski definition) is 2. The molecule has 18 heavy (non-hydrogen) atoms. The van der Waals surface area contributed by atoms with Crippen LogP contribution in [0.3, 0.4) is 0 Å². The van der Waals surface area contributed by atoms with Gasteiger partial charge in [-0.25, -0.2) is 0 Å². The molecule has 1 N–H and O–H groups in total. The summed E-state index contributed by atoms with van der Waals surface area (Å²) >= 11 is 0. The Morgan fingerprint density at radius 3 is 2.61 bits per heavy atom. The van der Waals surface area contributed by atoms with Crippen LogP contribution in [0.2, 0.25) is 0 Å².